The Morgan fingerprint density at radius 2 is 2.35 bits per heavy atom. The van der Waals surface area contributed by atoms with Gasteiger partial charge in [0.15, 0.2) is 0 Å². The molecule has 2 aromatic rings. The number of nitrogens with zero attached hydrogens (tertiary/aromatic N) is 2. The van der Waals surface area contributed by atoms with E-state index < -0.39 is 0 Å². The summed E-state index contributed by atoms with van der Waals surface area (Å²) in [6.07, 6.45) is 2.56. The van der Waals surface area contributed by atoms with Gasteiger partial charge < -0.3 is 14.6 Å². The summed E-state index contributed by atoms with van der Waals surface area (Å²) >= 11 is 0. The molecule has 1 aliphatic heterocycles. The minimum atomic E-state index is -0.00388. The van der Waals surface area contributed by atoms with Crippen molar-refractivity contribution in [3.8, 4) is 11.4 Å². The predicted molar refractivity (Wildman–Crippen MR) is 84.5 cm³/mol. The smallest absolute Gasteiger partial charge is 0.246 e. The fourth-order valence-corrected chi connectivity index (χ4v) is 2.71. The first-order chi connectivity index (χ1) is 11.2. The van der Waals surface area contributed by atoms with Gasteiger partial charge in [-0.15, -0.1) is 0 Å². The highest BCUT2D eigenvalue weighted by molar-refractivity contribution is 5.76. The number of ether oxygens (including phenoxy) is 1. The van der Waals surface area contributed by atoms with Crippen LogP contribution in [0.15, 0.2) is 28.8 Å². The van der Waals surface area contributed by atoms with Crippen LogP contribution in [0.2, 0.25) is 0 Å². The number of hydrogen-bond donors (Lipinski definition) is 1. The van der Waals surface area contributed by atoms with Gasteiger partial charge in [0, 0.05) is 25.2 Å². The van der Waals surface area contributed by atoms with Gasteiger partial charge in [0.25, 0.3) is 0 Å². The molecule has 1 fully saturated rings. The molecule has 0 unspecified atom stereocenters. The van der Waals surface area contributed by atoms with Crippen LogP contribution in [0, 0.1) is 12.8 Å². The van der Waals surface area contributed by atoms with E-state index in [1.165, 1.54) is 0 Å². The molecule has 3 rings (SSSR count). The lowest BCUT2D eigenvalue weighted by molar-refractivity contribution is -0.123. The number of aromatic nitrogens is 2. The molecule has 0 spiro atoms. The van der Waals surface area contributed by atoms with Crippen LogP contribution < -0.4 is 5.32 Å². The zero-order chi connectivity index (χ0) is 16.1. The minimum Gasteiger partial charge on any atom is -0.381 e. The zero-order valence-corrected chi connectivity index (χ0v) is 13.2. The van der Waals surface area contributed by atoms with E-state index in [0.717, 1.165) is 30.6 Å². The highest BCUT2D eigenvalue weighted by Crippen LogP contribution is 2.18. The lowest BCUT2D eigenvalue weighted by atomic mass is 9.98. The molecule has 1 aromatic carbocycles. The number of carbonyl (C=O) groups excluding carboxylic acids is 1. The molecule has 0 radical (unpaired) electrons. The maximum Gasteiger partial charge on any atom is 0.246 e. The third-order valence-corrected chi connectivity index (χ3v) is 3.91. The van der Waals surface area contributed by atoms with E-state index >= 15 is 0 Å². The lowest BCUT2D eigenvalue weighted by Crippen LogP contribution is -2.28. The van der Waals surface area contributed by atoms with Gasteiger partial charge in [0.2, 0.25) is 17.6 Å². The Hall–Kier alpha value is -2.21. The topological polar surface area (TPSA) is 77.2 Å². The Labute approximate surface area is 135 Å². The molecular weight excluding hydrogens is 294 g/mol. The van der Waals surface area contributed by atoms with Crippen LogP contribution in [0.25, 0.3) is 11.4 Å². The van der Waals surface area contributed by atoms with Crippen molar-refractivity contribution in [1.29, 1.82) is 0 Å². The van der Waals surface area contributed by atoms with Crippen molar-refractivity contribution >= 4 is 5.91 Å². The van der Waals surface area contributed by atoms with E-state index in [2.05, 4.69) is 15.5 Å². The molecule has 2 heterocycles. The van der Waals surface area contributed by atoms with Crippen LogP contribution >= 0.6 is 0 Å². The van der Waals surface area contributed by atoms with Crippen LogP contribution in [-0.2, 0) is 16.1 Å². The molecule has 1 aliphatic rings. The van der Waals surface area contributed by atoms with Gasteiger partial charge in [-0.05, 0) is 31.7 Å². The van der Waals surface area contributed by atoms with Crippen molar-refractivity contribution in [2.24, 2.45) is 5.92 Å². The van der Waals surface area contributed by atoms with Crippen molar-refractivity contribution in [2.75, 3.05) is 13.2 Å². The van der Waals surface area contributed by atoms with E-state index in [4.69, 9.17) is 9.26 Å². The van der Waals surface area contributed by atoms with Gasteiger partial charge >= 0.3 is 0 Å². The number of nitrogens with one attached hydrogen (secondary N) is 1. The van der Waals surface area contributed by atoms with Gasteiger partial charge in [0.05, 0.1) is 6.54 Å². The Morgan fingerprint density at radius 1 is 1.43 bits per heavy atom. The third-order valence-electron chi connectivity index (χ3n) is 3.91. The summed E-state index contributed by atoms with van der Waals surface area (Å²) in [4.78, 5) is 16.3. The number of carbonyl (C=O) groups is 1. The summed E-state index contributed by atoms with van der Waals surface area (Å²) in [6.45, 7) is 3.75. The van der Waals surface area contributed by atoms with Crippen molar-refractivity contribution in [2.45, 2.75) is 32.7 Å². The number of rotatable bonds is 5. The molecule has 23 heavy (non-hydrogen) atoms. The fourth-order valence-electron chi connectivity index (χ4n) is 2.71. The molecule has 1 aromatic heterocycles. The summed E-state index contributed by atoms with van der Waals surface area (Å²) in [5.41, 5.74) is 2.04. The second-order valence-corrected chi connectivity index (χ2v) is 5.95. The number of benzene rings is 1. The largest absolute Gasteiger partial charge is 0.381 e. The molecule has 0 saturated carbocycles. The Kier molecular flexibility index (Phi) is 5.02. The van der Waals surface area contributed by atoms with Gasteiger partial charge in [0.1, 0.15) is 0 Å². The average Bonchev–Trinajstić information content (AvgIpc) is 3.03. The van der Waals surface area contributed by atoms with Crippen LogP contribution in [0.4, 0.5) is 0 Å². The molecule has 122 valence electrons. The normalized spacial score (nSPS) is 17.9. The summed E-state index contributed by atoms with van der Waals surface area (Å²) < 4.78 is 10.6. The monoisotopic (exact) mass is 315 g/mol. The van der Waals surface area contributed by atoms with Crippen molar-refractivity contribution in [1.82, 2.24) is 15.5 Å². The van der Waals surface area contributed by atoms with Gasteiger partial charge in [-0.1, -0.05) is 28.9 Å². The molecule has 0 aliphatic carbocycles. The zero-order valence-electron chi connectivity index (χ0n) is 13.2. The average molecular weight is 315 g/mol. The quantitative estimate of drug-likeness (QED) is 0.917. The van der Waals surface area contributed by atoms with Gasteiger partial charge in [-0.25, -0.2) is 0 Å². The Morgan fingerprint density at radius 3 is 3.13 bits per heavy atom. The van der Waals surface area contributed by atoms with Crippen molar-refractivity contribution in [3.63, 3.8) is 0 Å². The van der Waals surface area contributed by atoms with E-state index in [1.807, 2.05) is 31.2 Å². The standard InChI is InChI=1S/C17H21N3O3/c1-12-4-2-6-14(8-12)17-19-16(23-20-17)10-18-15(21)9-13-5-3-7-22-11-13/h2,4,6,8,13H,3,5,7,9-11H2,1H3,(H,18,21)/t13-/m1/s1. The second-order valence-electron chi connectivity index (χ2n) is 5.95. The summed E-state index contributed by atoms with van der Waals surface area (Å²) in [5, 5.41) is 6.80. The maximum absolute atomic E-state index is 11.9. The van der Waals surface area contributed by atoms with E-state index in [0.29, 0.717) is 30.7 Å². The number of amides is 1. The van der Waals surface area contributed by atoms with Crippen LogP contribution in [0.3, 0.4) is 0 Å². The van der Waals surface area contributed by atoms with E-state index in [9.17, 15) is 4.79 Å². The summed E-state index contributed by atoms with van der Waals surface area (Å²) in [5.74, 6) is 1.26. The second kappa shape index (κ2) is 7.37. The summed E-state index contributed by atoms with van der Waals surface area (Å²) in [7, 11) is 0. The Balaban J connectivity index is 1.52. The first-order valence-electron chi connectivity index (χ1n) is 7.95. The first kappa shape index (κ1) is 15.7. The lowest BCUT2D eigenvalue weighted by Gasteiger charge is -2.21. The van der Waals surface area contributed by atoms with Gasteiger partial charge in [-0.3, -0.25) is 4.79 Å². The minimum absolute atomic E-state index is 0.00388. The molecule has 6 heteroatoms. The molecule has 1 saturated heterocycles. The van der Waals surface area contributed by atoms with Gasteiger partial charge in [-0.2, -0.15) is 4.98 Å². The van der Waals surface area contributed by atoms with E-state index in [-0.39, 0.29) is 12.5 Å². The van der Waals surface area contributed by atoms with Crippen molar-refractivity contribution in [3.05, 3.63) is 35.7 Å². The molecule has 6 nitrogen and oxygen atoms in total. The predicted octanol–water partition coefficient (Wildman–Crippen LogP) is 2.48. The first-order valence-corrected chi connectivity index (χ1v) is 7.95. The molecule has 1 atom stereocenters. The fraction of sp³-hybridized carbons (Fsp3) is 0.471. The molecular formula is C17H21N3O3. The van der Waals surface area contributed by atoms with Crippen LogP contribution in [0.5, 0.6) is 0 Å². The molecule has 1 amide bonds. The van der Waals surface area contributed by atoms with Crippen LogP contribution in [0.1, 0.15) is 30.7 Å². The Bertz CT molecular complexity index is 663. The summed E-state index contributed by atoms with van der Waals surface area (Å²) in [6, 6.07) is 7.90. The maximum atomic E-state index is 11.9. The SMILES string of the molecule is Cc1cccc(-c2noc(CNC(=O)C[C@H]3CCCOC3)n2)c1. The molecule has 1 N–H and O–H groups in total. The van der Waals surface area contributed by atoms with Crippen LogP contribution in [-0.4, -0.2) is 29.3 Å². The van der Waals surface area contributed by atoms with E-state index in [1.54, 1.807) is 0 Å². The molecule has 0 bridgehead atoms. The van der Waals surface area contributed by atoms with Crippen molar-refractivity contribution < 1.29 is 14.1 Å². The third kappa shape index (κ3) is 4.39. The highest BCUT2D eigenvalue weighted by Gasteiger charge is 2.18. The number of aryl methyl sites for hydroxylation is 1. The number of hydrogen-bond acceptors (Lipinski definition) is 5. The highest BCUT2D eigenvalue weighted by atomic mass is 16.5.